The Kier molecular flexibility index (Phi) is 4.97. The predicted molar refractivity (Wildman–Crippen MR) is 79.3 cm³/mol. The van der Waals surface area contributed by atoms with Gasteiger partial charge in [0, 0.05) is 13.1 Å². The van der Waals surface area contributed by atoms with Crippen molar-refractivity contribution in [2.45, 2.75) is 39.3 Å². The highest BCUT2D eigenvalue weighted by Gasteiger charge is 2.33. The van der Waals surface area contributed by atoms with Crippen molar-refractivity contribution in [1.29, 1.82) is 0 Å². The van der Waals surface area contributed by atoms with Gasteiger partial charge in [-0.2, -0.15) is 0 Å². The summed E-state index contributed by atoms with van der Waals surface area (Å²) in [6, 6.07) is 6.81. The van der Waals surface area contributed by atoms with Crippen LogP contribution in [0.1, 0.15) is 36.1 Å². The number of nitrogens with two attached hydrogens (primary N) is 1. The van der Waals surface area contributed by atoms with Gasteiger partial charge in [0.2, 0.25) is 0 Å². The molecule has 2 unspecified atom stereocenters. The van der Waals surface area contributed by atoms with Gasteiger partial charge in [0.25, 0.3) is 0 Å². The minimum absolute atomic E-state index is 0.111. The van der Waals surface area contributed by atoms with Crippen LogP contribution in [0, 0.1) is 13.8 Å². The third kappa shape index (κ3) is 2.99. The molecular formula is C16H26N2O. The van der Waals surface area contributed by atoms with Crippen molar-refractivity contribution in [3.05, 3.63) is 34.9 Å². The fraction of sp³-hybridized carbons (Fsp3) is 0.625. The van der Waals surface area contributed by atoms with Crippen LogP contribution in [0.25, 0.3) is 0 Å². The second kappa shape index (κ2) is 6.51. The number of ether oxygens (including phenoxy) is 1. The number of nitrogens with zero attached hydrogens (tertiary/aromatic N) is 1. The van der Waals surface area contributed by atoms with Gasteiger partial charge in [-0.3, -0.25) is 4.90 Å². The predicted octanol–water partition coefficient (Wildman–Crippen LogP) is 2.41. The molecule has 2 N–H and O–H groups in total. The summed E-state index contributed by atoms with van der Waals surface area (Å²) in [5.41, 5.74) is 10.0. The van der Waals surface area contributed by atoms with Gasteiger partial charge in [0.15, 0.2) is 0 Å². The van der Waals surface area contributed by atoms with Crippen LogP contribution in [0.15, 0.2) is 18.2 Å². The van der Waals surface area contributed by atoms with Gasteiger partial charge in [-0.05, 0) is 43.5 Å². The Hall–Kier alpha value is -0.900. The van der Waals surface area contributed by atoms with Gasteiger partial charge in [-0.15, -0.1) is 0 Å². The summed E-state index contributed by atoms with van der Waals surface area (Å²) < 4.78 is 5.91. The molecule has 3 nitrogen and oxygen atoms in total. The van der Waals surface area contributed by atoms with Crippen LogP contribution in [0.3, 0.4) is 0 Å². The van der Waals surface area contributed by atoms with Crippen molar-refractivity contribution in [3.63, 3.8) is 0 Å². The first-order chi connectivity index (χ1) is 9.19. The largest absolute Gasteiger partial charge is 0.374 e. The maximum absolute atomic E-state index is 5.94. The summed E-state index contributed by atoms with van der Waals surface area (Å²) in [6.07, 6.45) is 1.28. The first-order valence-corrected chi connectivity index (χ1v) is 7.30. The van der Waals surface area contributed by atoms with E-state index in [4.69, 9.17) is 10.5 Å². The standard InChI is InChI=1S/C16H26N2O/c1-4-8-18-9-10-19-14(11-17)16(18)15-12(2)6-5-7-13(15)3/h5-7,14,16H,4,8-11,17H2,1-3H3. The minimum Gasteiger partial charge on any atom is -0.374 e. The molecule has 0 spiro atoms. The van der Waals surface area contributed by atoms with E-state index in [-0.39, 0.29) is 6.10 Å². The molecular weight excluding hydrogens is 236 g/mol. The highest BCUT2D eigenvalue weighted by Crippen LogP contribution is 2.33. The Morgan fingerprint density at radius 3 is 2.58 bits per heavy atom. The van der Waals surface area contributed by atoms with Crippen LogP contribution in [0.4, 0.5) is 0 Å². The molecule has 0 saturated carbocycles. The molecule has 19 heavy (non-hydrogen) atoms. The second-order valence-corrected chi connectivity index (χ2v) is 5.43. The molecule has 1 aromatic carbocycles. The maximum Gasteiger partial charge on any atom is 0.0894 e. The third-order valence-corrected chi connectivity index (χ3v) is 4.04. The van der Waals surface area contributed by atoms with E-state index >= 15 is 0 Å². The molecule has 1 aromatic rings. The summed E-state index contributed by atoms with van der Waals surface area (Å²) in [4.78, 5) is 2.54. The van der Waals surface area contributed by atoms with Crippen LogP contribution in [-0.4, -0.2) is 37.2 Å². The van der Waals surface area contributed by atoms with Crippen LogP contribution < -0.4 is 5.73 Å². The van der Waals surface area contributed by atoms with Crippen molar-refractivity contribution in [1.82, 2.24) is 4.90 Å². The molecule has 1 aliphatic heterocycles. The Labute approximate surface area is 116 Å². The van der Waals surface area contributed by atoms with Crippen molar-refractivity contribution in [2.75, 3.05) is 26.2 Å². The quantitative estimate of drug-likeness (QED) is 0.905. The van der Waals surface area contributed by atoms with E-state index in [1.807, 2.05) is 0 Å². The molecule has 0 bridgehead atoms. The molecule has 0 aliphatic carbocycles. The zero-order valence-electron chi connectivity index (χ0n) is 12.4. The van der Waals surface area contributed by atoms with E-state index in [0.29, 0.717) is 12.6 Å². The summed E-state index contributed by atoms with van der Waals surface area (Å²) in [5.74, 6) is 0. The molecule has 0 aromatic heterocycles. The van der Waals surface area contributed by atoms with E-state index in [2.05, 4.69) is 43.9 Å². The summed E-state index contributed by atoms with van der Waals surface area (Å²) in [6.45, 7) is 10.1. The second-order valence-electron chi connectivity index (χ2n) is 5.43. The fourth-order valence-electron chi connectivity index (χ4n) is 3.18. The van der Waals surface area contributed by atoms with Crippen LogP contribution >= 0.6 is 0 Å². The highest BCUT2D eigenvalue weighted by atomic mass is 16.5. The molecule has 1 saturated heterocycles. The fourth-order valence-corrected chi connectivity index (χ4v) is 3.18. The number of hydrogen-bond donors (Lipinski definition) is 1. The molecule has 1 aliphatic rings. The molecule has 1 heterocycles. The molecule has 2 atom stereocenters. The monoisotopic (exact) mass is 262 g/mol. The van der Waals surface area contributed by atoms with Crippen LogP contribution in [0.2, 0.25) is 0 Å². The molecule has 0 amide bonds. The zero-order chi connectivity index (χ0) is 13.8. The first-order valence-electron chi connectivity index (χ1n) is 7.30. The maximum atomic E-state index is 5.94. The minimum atomic E-state index is 0.111. The van der Waals surface area contributed by atoms with Crippen molar-refractivity contribution < 1.29 is 4.74 Å². The molecule has 2 rings (SSSR count). The number of hydrogen-bond acceptors (Lipinski definition) is 3. The summed E-state index contributed by atoms with van der Waals surface area (Å²) >= 11 is 0. The van der Waals surface area contributed by atoms with Gasteiger partial charge in [-0.1, -0.05) is 25.1 Å². The third-order valence-electron chi connectivity index (χ3n) is 4.04. The lowest BCUT2D eigenvalue weighted by Crippen LogP contribution is -2.48. The SMILES string of the molecule is CCCN1CCOC(CN)C1c1c(C)cccc1C. The lowest BCUT2D eigenvalue weighted by atomic mass is 9.90. The van der Waals surface area contributed by atoms with E-state index in [1.165, 1.54) is 23.1 Å². The summed E-state index contributed by atoms with van der Waals surface area (Å²) in [5, 5.41) is 0. The van der Waals surface area contributed by atoms with Gasteiger partial charge in [0.1, 0.15) is 0 Å². The zero-order valence-corrected chi connectivity index (χ0v) is 12.4. The smallest absolute Gasteiger partial charge is 0.0894 e. The average Bonchev–Trinajstić information content (AvgIpc) is 2.40. The van der Waals surface area contributed by atoms with Crippen molar-refractivity contribution in [2.24, 2.45) is 5.73 Å². The van der Waals surface area contributed by atoms with E-state index in [1.54, 1.807) is 0 Å². The van der Waals surface area contributed by atoms with E-state index in [0.717, 1.165) is 19.7 Å². The van der Waals surface area contributed by atoms with Crippen LogP contribution in [0.5, 0.6) is 0 Å². The normalized spacial score (nSPS) is 24.6. The van der Waals surface area contributed by atoms with Crippen molar-refractivity contribution in [3.8, 4) is 0 Å². The highest BCUT2D eigenvalue weighted by molar-refractivity contribution is 5.37. The van der Waals surface area contributed by atoms with Crippen LogP contribution in [-0.2, 0) is 4.74 Å². The Balaban J connectivity index is 2.39. The first kappa shape index (κ1) is 14.5. The van der Waals surface area contributed by atoms with Gasteiger partial charge in [0.05, 0.1) is 18.8 Å². The molecule has 106 valence electrons. The molecule has 0 radical (unpaired) electrons. The number of benzene rings is 1. The number of morpholine rings is 1. The number of aryl methyl sites for hydroxylation is 2. The molecule has 3 heteroatoms. The number of rotatable bonds is 4. The Morgan fingerprint density at radius 1 is 1.32 bits per heavy atom. The lowest BCUT2D eigenvalue weighted by Gasteiger charge is -2.42. The summed E-state index contributed by atoms with van der Waals surface area (Å²) in [7, 11) is 0. The Morgan fingerprint density at radius 2 is 2.00 bits per heavy atom. The van der Waals surface area contributed by atoms with Gasteiger partial charge >= 0.3 is 0 Å². The van der Waals surface area contributed by atoms with Gasteiger partial charge in [-0.25, -0.2) is 0 Å². The van der Waals surface area contributed by atoms with Gasteiger partial charge < -0.3 is 10.5 Å². The van der Waals surface area contributed by atoms with E-state index in [9.17, 15) is 0 Å². The lowest BCUT2D eigenvalue weighted by molar-refractivity contribution is -0.0680. The molecule has 1 fully saturated rings. The van der Waals surface area contributed by atoms with Crippen molar-refractivity contribution >= 4 is 0 Å². The topological polar surface area (TPSA) is 38.5 Å². The van der Waals surface area contributed by atoms with E-state index < -0.39 is 0 Å². The Bertz CT molecular complexity index is 397. The average molecular weight is 262 g/mol.